The Balaban J connectivity index is 1.78. The number of hydrogen-bond acceptors (Lipinski definition) is 7. The summed E-state index contributed by atoms with van der Waals surface area (Å²) >= 11 is 0. The van der Waals surface area contributed by atoms with Gasteiger partial charge >= 0.3 is 11.9 Å². The second kappa shape index (κ2) is 7.76. The van der Waals surface area contributed by atoms with E-state index in [1.807, 2.05) is 59.3 Å². The highest BCUT2D eigenvalue weighted by molar-refractivity contribution is 6.03. The third-order valence-electron chi connectivity index (χ3n) is 4.65. The first-order valence-corrected chi connectivity index (χ1v) is 8.91. The SMILES string of the molecule is COC(=O)C1=C(C(=O)OC)N(c2cccc(-c3cn4ccccc4n3)c2)COC1. The Morgan fingerprint density at radius 1 is 1.07 bits per heavy atom. The lowest BCUT2D eigenvalue weighted by Gasteiger charge is -2.31. The molecule has 3 heterocycles. The lowest BCUT2D eigenvalue weighted by atomic mass is 10.1. The van der Waals surface area contributed by atoms with Gasteiger partial charge in [-0.15, -0.1) is 0 Å². The van der Waals surface area contributed by atoms with Gasteiger partial charge in [-0.25, -0.2) is 14.6 Å². The minimum absolute atomic E-state index is 0.0280. The van der Waals surface area contributed by atoms with Gasteiger partial charge in [0.1, 0.15) is 18.1 Å². The van der Waals surface area contributed by atoms with Crippen LogP contribution in [0.3, 0.4) is 0 Å². The van der Waals surface area contributed by atoms with Crippen molar-refractivity contribution in [3.05, 3.63) is 66.1 Å². The van der Waals surface area contributed by atoms with E-state index in [0.29, 0.717) is 5.69 Å². The normalized spacial score (nSPS) is 14.2. The van der Waals surface area contributed by atoms with Crippen molar-refractivity contribution in [2.75, 3.05) is 32.5 Å². The predicted octanol–water partition coefficient (Wildman–Crippen LogP) is 2.40. The van der Waals surface area contributed by atoms with Gasteiger partial charge in [-0.2, -0.15) is 0 Å². The molecule has 1 aliphatic heterocycles. The number of carbonyl (C=O) groups is 2. The molecule has 1 aliphatic rings. The lowest BCUT2D eigenvalue weighted by molar-refractivity contribution is -0.140. The van der Waals surface area contributed by atoms with Crippen molar-refractivity contribution in [1.82, 2.24) is 9.38 Å². The van der Waals surface area contributed by atoms with Crippen molar-refractivity contribution in [3.8, 4) is 11.3 Å². The van der Waals surface area contributed by atoms with Crippen molar-refractivity contribution < 1.29 is 23.8 Å². The summed E-state index contributed by atoms with van der Waals surface area (Å²) in [5, 5.41) is 0. The van der Waals surface area contributed by atoms with Crippen LogP contribution >= 0.6 is 0 Å². The molecular weight excluding hydrogens is 374 g/mol. The zero-order chi connectivity index (χ0) is 20.4. The van der Waals surface area contributed by atoms with Gasteiger partial charge in [0, 0.05) is 23.6 Å². The van der Waals surface area contributed by atoms with Gasteiger partial charge in [-0.1, -0.05) is 18.2 Å². The van der Waals surface area contributed by atoms with Crippen LogP contribution in [0, 0.1) is 0 Å². The number of anilines is 1. The first-order chi connectivity index (χ1) is 14.1. The van der Waals surface area contributed by atoms with Crippen LogP contribution in [0.1, 0.15) is 0 Å². The molecule has 0 spiro atoms. The molecule has 8 nitrogen and oxygen atoms in total. The maximum atomic E-state index is 12.5. The summed E-state index contributed by atoms with van der Waals surface area (Å²) in [4.78, 5) is 30.8. The number of carbonyl (C=O) groups excluding carboxylic acids is 2. The van der Waals surface area contributed by atoms with Crippen LogP contribution in [0.25, 0.3) is 16.9 Å². The molecule has 0 fully saturated rings. The number of esters is 2. The number of nitrogens with zero attached hydrogens (tertiary/aromatic N) is 3. The highest BCUT2D eigenvalue weighted by Crippen LogP contribution is 2.30. The fourth-order valence-corrected chi connectivity index (χ4v) is 3.25. The van der Waals surface area contributed by atoms with E-state index in [9.17, 15) is 9.59 Å². The number of fused-ring (bicyclic) bond motifs is 1. The summed E-state index contributed by atoms with van der Waals surface area (Å²) in [6, 6.07) is 13.3. The molecule has 29 heavy (non-hydrogen) atoms. The Labute approximate surface area is 166 Å². The summed E-state index contributed by atoms with van der Waals surface area (Å²) in [7, 11) is 2.53. The molecule has 3 aromatic rings. The number of pyridine rings is 1. The Morgan fingerprint density at radius 2 is 1.90 bits per heavy atom. The van der Waals surface area contributed by atoms with Gasteiger partial charge in [0.25, 0.3) is 0 Å². The second-order valence-corrected chi connectivity index (χ2v) is 6.36. The van der Waals surface area contributed by atoms with E-state index < -0.39 is 11.9 Å². The average molecular weight is 393 g/mol. The van der Waals surface area contributed by atoms with Crippen molar-refractivity contribution in [2.45, 2.75) is 0 Å². The minimum Gasteiger partial charge on any atom is -0.466 e. The molecular formula is C21H19N3O5. The molecule has 148 valence electrons. The van der Waals surface area contributed by atoms with Crippen LogP contribution in [-0.2, 0) is 23.8 Å². The highest BCUT2D eigenvalue weighted by Gasteiger charge is 2.32. The lowest BCUT2D eigenvalue weighted by Crippen LogP contribution is -2.38. The van der Waals surface area contributed by atoms with E-state index in [-0.39, 0.29) is 24.6 Å². The zero-order valence-corrected chi connectivity index (χ0v) is 16.0. The van der Waals surface area contributed by atoms with E-state index >= 15 is 0 Å². The molecule has 2 aromatic heterocycles. The van der Waals surface area contributed by atoms with Gasteiger partial charge < -0.3 is 23.5 Å². The highest BCUT2D eigenvalue weighted by atomic mass is 16.5. The molecule has 1 aromatic carbocycles. The maximum Gasteiger partial charge on any atom is 0.355 e. The fourth-order valence-electron chi connectivity index (χ4n) is 3.25. The van der Waals surface area contributed by atoms with Crippen LogP contribution in [-0.4, -0.2) is 48.9 Å². The molecule has 0 saturated heterocycles. The van der Waals surface area contributed by atoms with E-state index in [4.69, 9.17) is 14.2 Å². The molecule has 0 aliphatic carbocycles. The summed E-state index contributed by atoms with van der Waals surface area (Å²) in [6.45, 7) is 0.0687. The molecule has 0 atom stereocenters. The first kappa shape index (κ1) is 18.7. The van der Waals surface area contributed by atoms with Gasteiger partial charge in [-0.3, -0.25) is 0 Å². The number of ether oxygens (including phenoxy) is 3. The van der Waals surface area contributed by atoms with Crippen molar-refractivity contribution in [2.24, 2.45) is 0 Å². The molecule has 0 N–H and O–H groups in total. The molecule has 8 heteroatoms. The topological polar surface area (TPSA) is 82.4 Å². The summed E-state index contributed by atoms with van der Waals surface area (Å²) in [5.41, 5.74) is 3.37. The number of methoxy groups -OCH3 is 2. The standard InChI is InChI=1S/C21H19N3O5/c1-27-20(25)16-12-29-13-24(19(16)21(26)28-2)15-7-5-6-14(10-15)17-11-23-9-4-3-8-18(23)22-17/h3-11H,12-13H2,1-2H3. The van der Waals surface area contributed by atoms with E-state index in [1.54, 1.807) is 4.90 Å². The minimum atomic E-state index is -0.633. The summed E-state index contributed by atoms with van der Waals surface area (Å²) in [6.07, 6.45) is 3.85. The first-order valence-electron chi connectivity index (χ1n) is 8.91. The number of imidazole rings is 1. The third-order valence-corrected chi connectivity index (χ3v) is 4.65. The Kier molecular flexibility index (Phi) is 5.01. The second-order valence-electron chi connectivity index (χ2n) is 6.36. The monoisotopic (exact) mass is 393 g/mol. The largest absolute Gasteiger partial charge is 0.466 e. The van der Waals surface area contributed by atoms with Crippen LogP contribution in [0.5, 0.6) is 0 Å². The summed E-state index contributed by atoms with van der Waals surface area (Å²) in [5.74, 6) is -1.27. The Bertz CT molecular complexity index is 1090. The number of benzene rings is 1. The van der Waals surface area contributed by atoms with Crippen LogP contribution in [0.4, 0.5) is 5.69 Å². The quantitative estimate of drug-likeness (QED) is 0.630. The van der Waals surface area contributed by atoms with Crippen LogP contribution in [0.15, 0.2) is 66.1 Å². The maximum absolute atomic E-state index is 12.5. The van der Waals surface area contributed by atoms with Gasteiger partial charge in [0.2, 0.25) is 0 Å². The summed E-state index contributed by atoms with van der Waals surface area (Å²) < 4.78 is 17.2. The van der Waals surface area contributed by atoms with Crippen molar-refractivity contribution in [3.63, 3.8) is 0 Å². The molecule has 0 bridgehead atoms. The molecule has 0 radical (unpaired) electrons. The van der Waals surface area contributed by atoms with E-state index in [0.717, 1.165) is 16.9 Å². The van der Waals surface area contributed by atoms with Crippen molar-refractivity contribution in [1.29, 1.82) is 0 Å². The number of aromatic nitrogens is 2. The molecule has 4 rings (SSSR count). The van der Waals surface area contributed by atoms with Gasteiger partial charge in [0.05, 0.1) is 32.1 Å². The Hall–Kier alpha value is -3.65. The smallest absolute Gasteiger partial charge is 0.355 e. The number of rotatable bonds is 4. The van der Waals surface area contributed by atoms with Gasteiger partial charge in [-0.05, 0) is 24.3 Å². The van der Waals surface area contributed by atoms with Crippen LogP contribution < -0.4 is 4.90 Å². The molecule has 0 amide bonds. The van der Waals surface area contributed by atoms with Crippen molar-refractivity contribution >= 4 is 23.3 Å². The zero-order valence-electron chi connectivity index (χ0n) is 16.0. The van der Waals surface area contributed by atoms with E-state index in [2.05, 4.69) is 4.98 Å². The average Bonchev–Trinajstić information content (AvgIpc) is 3.22. The van der Waals surface area contributed by atoms with Gasteiger partial charge in [0.15, 0.2) is 0 Å². The molecule has 0 saturated carbocycles. The predicted molar refractivity (Wildman–Crippen MR) is 105 cm³/mol. The van der Waals surface area contributed by atoms with Crippen LogP contribution in [0.2, 0.25) is 0 Å². The fraction of sp³-hybridized carbons (Fsp3) is 0.190. The Morgan fingerprint density at radius 3 is 2.66 bits per heavy atom. The van der Waals surface area contributed by atoms with E-state index in [1.165, 1.54) is 14.2 Å². The third kappa shape index (κ3) is 3.45. The molecule has 0 unspecified atom stereocenters. The number of hydrogen-bond donors (Lipinski definition) is 0.